The molecule has 1 saturated heterocycles. The van der Waals surface area contributed by atoms with E-state index in [0.717, 1.165) is 12.0 Å². The van der Waals surface area contributed by atoms with Gasteiger partial charge in [0.15, 0.2) is 0 Å². The summed E-state index contributed by atoms with van der Waals surface area (Å²) in [6.45, 7) is 5.78. The molecule has 106 valence electrons. The van der Waals surface area contributed by atoms with Gasteiger partial charge in [-0.15, -0.1) is 0 Å². The highest BCUT2D eigenvalue weighted by Crippen LogP contribution is 2.21. The van der Waals surface area contributed by atoms with Gasteiger partial charge in [0.05, 0.1) is 12.8 Å². The normalized spacial score (nSPS) is 19.3. The van der Waals surface area contributed by atoms with Gasteiger partial charge < -0.3 is 14.6 Å². The lowest BCUT2D eigenvalue weighted by Crippen LogP contribution is -2.35. The summed E-state index contributed by atoms with van der Waals surface area (Å²) in [6, 6.07) is 0. The lowest BCUT2D eigenvalue weighted by Gasteiger charge is -2.22. The summed E-state index contributed by atoms with van der Waals surface area (Å²) >= 11 is 0. The summed E-state index contributed by atoms with van der Waals surface area (Å²) in [5, 5.41) is 9.99. The second kappa shape index (κ2) is 6.52. The van der Waals surface area contributed by atoms with Crippen molar-refractivity contribution in [2.75, 3.05) is 0 Å². The van der Waals surface area contributed by atoms with Crippen molar-refractivity contribution >= 4 is 11.9 Å². The van der Waals surface area contributed by atoms with Gasteiger partial charge in [-0.2, -0.15) is 0 Å². The molecule has 0 spiro atoms. The Morgan fingerprint density at radius 1 is 1.21 bits per heavy atom. The Bertz CT molecular complexity index is 398. The van der Waals surface area contributed by atoms with Crippen molar-refractivity contribution in [3.8, 4) is 0 Å². The first kappa shape index (κ1) is 15.4. The molecule has 1 rings (SSSR count). The summed E-state index contributed by atoms with van der Waals surface area (Å²) in [5.41, 5.74) is 1.99. The van der Waals surface area contributed by atoms with Gasteiger partial charge in [0.25, 0.3) is 0 Å². The van der Waals surface area contributed by atoms with E-state index in [9.17, 15) is 14.7 Å². The summed E-state index contributed by atoms with van der Waals surface area (Å²) in [6.07, 6.45) is 4.67. The van der Waals surface area contributed by atoms with Gasteiger partial charge in [0.1, 0.15) is 0 Å². The molecule has 19 heavy (non-hydrogen) atoms. The lowest BCUT2D eigenvalue weighted by molar-refractivity contribution is -0.291. The fourth-order valence-corrected chi connectivity index (χ4v) is 1.68. The van der Waals surface area contributed by atoms with Gasteiger partial charge in [-0.1, -0.05) is 17.2 Å². The molecule has 1 heterocycles. The van der Waals surface area contributed by atoms with Crippen molar-refractivity contribution in [3.63, 3.8) is 0 Å². The zero-order valence-electron chi connectivity index (χ0n) is 11.6. The third kappa shape index (κ3) is 5.70. The average molecular weight is 268 g/mol. The van der Waals surface area contributed by atoms with Crippen molar-refractivity contribution in [2.45, 2.75) is 52.4 Å². The Balaban J connectivity index is 2.72. The molecular formula is C14H20O5. The number of allylic oxidation sites excluding steroid dienone is 3. The van der Waals surface area contributed by atoms with E-state index >= 15 is 0 Å². The molecule has 0 aromatic rings. The predicted molar refractivity (Wildman–Crippen MR) is 68.8 cm³/mol. The van der Waals surface area contributed by atoms with Crippen LogP contribution in [0.5, 0.6) is 0 Å². The number of cyclic esters (lactones) is 2. The maximum absolute atomic E-state index is 11.3. The minimum Gasteiger partial charge on any atom is -0.395 e. The van der Waals surface area contributed by atoms with Gasteiger partial charge in [-0.05, 0) is 33.6 Å². The first-order valence-electron chi connectivity index (χ1n) is 6.28. The number of carbonyl (C=O) groups excluding carboxylic acids is 2. The van der Waals surface area contributed by atoms with E-state index in [1.807, 2.05) is 13.8 Å². The van der Waals surface area contributed by atoms with Crippen LogP contribution in [-0.2, 0) is 19.1 Å². The van der Waals surface area contributed by atoms with Crippen LogP contribution >= 0.6 is 0 Å². The maximum atomic E-state index is 11.3. The number of rotatable bonds is 4. The number of hydrogen-bond donors (Lipinski definition) is 1. The Morgan fingerprint density at radius 2 is 1.74 bits per heavy atom. The van der Waals surface area contributed by atoms with Crippen LogP contribution in [0.1, 0.15) is 46.5 Å². The summed E-state index contributed by atoms with van der Waals surface area (Å²) < 4.78 is 9.50. The van der Waals surface area contributed by atoms with E-state index < -0.39 is 17.9 Å². The smallest absolute Gasteiger partial charge is 0.395 e. The monoisotopic (exact) mass is 268 g/mol. The second-order valence-corrected chi connectivity index (χ2v) is 4.89. The molecule has 0 aliphatic carbocycles. The maximum Gasteiger partial charge on any atom is 0.396 e. The van der Waals surface area contributed by atoms with E-state index in [2.05, 4.69) is 6.08 Å². The standard InChI is InChI=1S/C14H20O5/c1-10(2)5-4-6-11(3)9-14(17)18-12(15)7-8-13(16)19-14/h5,9,17H,4,6-8H2,1-3H3/b11-9+. The van der Waals surface area contributed by atoms with Crippen LogP contribution in [0.25, 0.3) is 0 Å². The van der Waals surface area contributed by atoms with Crippen LogP contribution in [-0.4, -0.2) is 23.0 Å². The number of carbonyl (C=O) groups is 2. The molecule has 5 heteroatoms. The molecule has 1 aliphatic rings. The highest BCUT2D eigenvalue weighted by molar-refractivity contribution is 5.79. The molecule has 5 nitrogen and oxygen atoms in total. The number of aliphatic hydroxyl groups is 1. The van der Waals surface area contributed by atoms with Crippen LogP contribution in [0.2, 0.25) is 0 Å². The fourth-order valence-electron chi connectivity index (χ4n) is 1.68. The quantitative estimate of drug-likeness (QED) is 0.625. The predicted octanol–water partition coefficient (Wildman–Crippen LogP) is 2.21. The average Bonchev–Trinajstić information content (AvgIpc) is 2.36. The third-order valence-electron chi connectivity index (χ3n) is 2.57. The molecule has 0 saturated carbocycles. The molecule has 1 fully saturated rings. The Hall–Kier alpha value is -1.62. The molecule has 1 N–H and O–H groups in total. The highest BCUT2D eigenvalue weighted by Gasteiger charge is 2.37. The van der Waals surface area contributed by atoms with Crippen LogP contribution in [0.4, 0.5) is 0 Å². The van der Waals surface area contributed by atoms with Crippen molar-refractivity contribution in [1.29, 1.82) is 0 Å². The summed E-state index contributed by atoms with van der Waals surface area (Å²) in [7, 11) is 0. The van der Waals surface area contributed by atoms with E-state index in [1.54, 1.807) is 6.92 Å². The van der Waals surface area contributed by atoms with Crippen molar-refractivity contribution in [3.05, 3.63) is 23.3 Å². The second-order valence-electron chi connectivity index (χ2n) is 4.89. The summed E-state index contributed by atoms with van der Waals surface area (Å²) in [5.74, 6) is -3.57. The highest BCUT2D eigenvalue weighted by atomic mass is 16.8. The minimum atomic E-state index is -2.26. The SMILES string of the molecule is CC(C)=CCC/C(C)=C/C1(O)OC(=O)CCC(=O)O1. The van der Waals surface area contributed by atoms with Crippen molar-refractivity contribution < 1.29 is 24.2 Å². The first-order valence-corrected chi connectivity index (χ1v) is 6.28. The van der Waals surface area contributed by atoms with Crippen LogP contribution in [0, 0.1) is 0 Å². The first-order chi connectivity index (χ1) is 8.81. The molecule has 0 amide bonds. The molecule has 0 aromatic carbocycles. The Kier molecular flexibility index (Phi) is 5.30. The van der Waals surface area contributed by atoms with E-state index in [-0.39, 0.29) is 12.8 Å². The van der Waals surface area contributed by atoms with Crippen LogP contribution < -0.4 is 0 Å². The minimum absolute atomic E-state index is 0.0776. The molecule has 0 radical (unpaired) electrons. The Morgan fingerprint density at radius 3 is 2.21 bits per heavy atom. The van der Waals surface area contributed by atoms with Gasteiger partial charge in [0.2, 0.25) is 0 Å². The molecule has 0 atom stereocenters. The van der Waals surface area contributed by atoms with E-state index in [0.29, 0.717) is 6.42 Å². The largest absolute Gasteiger partial charge is 0.396 e. The van der Waals surface area contributed by atoms with Gasteiger partial charge in [-0.25, -0.2) is 0 Å². The topological polar surface area (TPSA) is 72.8 Å². The van der Waals surface area contributed by atoms with Crippen LogP contribution in [0.15, 0.2) is 23.3 Å². The zero-order valence-corrected chi connectivity index (χ0v) is 11.6. The lowest BCUT2D eigenvalue weighted by atomic mass is 10.1. The van der Waals surface area contributed by atoms with Crippen molar-refractivity contribution in [1.82, 2.24) is 0 Å². The van der Waals surface area contributed by atoms with E-state index in [4.69, 9.17) is 9.47 Å². The number of esters is 2. The van der Waals surface area contributed by atoms with Gasteiger partial charge in [-0.3, -0.25) is 9.59 Å². The number of ether oxygens (including phenoxy) is 2. The summed E-state index contributed by atoms with van der Waals surface area (Å²) in [4.78, 5) is 22.6. The molecule has 0 aromatic heterocycles. The van der Waals surface area contributed by atoms with Crippen molar-refractivity contribution in [2.24, 2.45) is 0 Å². The zero-order chi connectivity index (χ0) is 14.5. The molecular weight excluding hydrogens is 248 g/mol. The van der Waals surface area contributed by atoms with E-state index in [1.165, 1.54) is 11.6 Å². The van der Waals surface area contributed by atoms with Gasteiger partial charge in [0, 0.05) is 6.08 Å². The van der Waals surface area contributed by atoms with Crippen LogP contribution in [0.3, 0.4) is 0 Å². The Labute approximate surface area is 112 Å². The molecule has 1 aliphatic heterocycles. The number of hydrogen-bond acceptors (Lipinski definition) is 5. The fraction of sp³-hybridized carbons (Fsp3) is 0.571. The molecule has 0 unspecified atom stereocenters. The third-order valence-corrected chi connectivity index (χ3v) is 2.57. The van der Waals surface area contributed by atoms with Gasteiger partial charge >= 0.3 is 17.9 Å². The molecule has 0 bridgehead atoms.